The molecule has 0 radical (unpaired) electrons. The number of nitrogens with zero attached hydrogens (tertiary/aromatic N) is 2. The van der Waals surface area contributed by atoms with Gasteiger partial charge in [-0.3, -0.25) is 0 Å². The molecule has 0 N–H and O–H groups in total. The number of ether oxygens (including phenoxy) is 2. The van der Waals surface area contributed by atoms with Gasteiger partial charge in [-0.05, 0) is 36.0 Å². The Labute approximate surface area is 113 Å². The van der Waals surface area contributed by atoms with Crippen molar-refractivity contribution in [3.8, 4) is 5.88 Å². The minimum atomic E-state index is -0.322. The van der Waals surface area contributed by atoms with Crippen molar-refractivity contribution < 1.29 is 13.9 Å². The molecule has 3 rings (SSSR count). The third kappa shape index (κ3) is 2.02. The summed E-state index contributed by atoms with van der Waals surface area (Å²) in [5.41, 5.74) is 0.891. The summed E-state index contributed by atoms with van der Waals surface area (Å²) >= 11 is 1.30. The molecule has 1 aromatic carbocycles. The summed E-state index contributed by atoms with van der Waals surface area (Å²) in [5, 5.41) is 2.47. The summed E-state index contributed by atoms with van der Waals surface area (Å²) in [6, 6.07) is 4.58. The molecule has 0 atom stereocenters. The molecule has 0 aliphatic rings. The molecule has 2 aromatic heterocycles. The average Bonchev–Trinajstić information content (AvgIpc) is 2.77. The Morgan fingerprint density at radius 2 is 2.16 bits per heavy atom. The van der Waals surface area contributed by atoms with Gasteiger partial charge in [-0.15, -0.1) is 0 Å². The lowest BCUT2D eigenvalue weighted by Crippen LogP contribution is -2.01. The highest BCUT2D eigenvalue weighted by Crippen LogP contribution is 2.34. The molecule has 0 unspecified atom stereocenters. The number of halogens is 1. The number of hydrogen-bond donors (Lipinski definition) is 0. The molecule has 98 valence electrons. The van der Waals surface area contributed by atoms with E-state index in [1.165, 1.54) is 30.8 Å². The zero-order valence-corrected chi connectivity index (χ0v) is 11.3. The van der Waals surface area contributed by atoms with Crippen molar-refractivity contribution >= 4 is 32.5 Å². The third-order valence-corrected chi connectivity index (χ3v) is 3.68. The molecule has 0 saturated heterocycles. The molecule has 0 spiro atoms. The van der Waals surface area contributed by atoms with Gasteiger partial charge in [-0.25, -0.2) is 9.37 Å². The average molecular weight is 278 g/mol. The van der Waals surface area contributed by atoms with E-state index in [4.69, 9.17) is 9.47 Å². The molecule has 0 amide bonds. The number of hydrogen-bond acceptors (Lipinski definition) is 5. The van der Waals surface area contributed by atoms with Crippen molar-refractivity contribution in [2.75, 3.05) is 13.9 Å². The standard InChI is InChI=1S/C13H11FN2O2S/c1-7-11-9-4-3-8(14)5-10(9)12(18-6-17-2)15-13(11)19-16-7/h3-5H,6H2,1-2H3. The fourth-order valence-electron chi connectivity index (χ4n) is 2.03. The number of aryl methyl sites for hydroxylation is 1. The van der Waals surface area contributed by atoms with Crippen LogP contribution in [0.2, 0.25) is 0 Å². The first-order chi connectivity index (χ1) is 9.20. The molecule has 0 aliphatic heterocycles. The van der Waals surface area contributed by atoms with Gasteiger partial charge in [0.15, 0.2) is 6.79 Å². The predicted molar refractivity (Wildman–Crippen MR) is 72.1 cm³/mol. The molecular formula is C13H11FN2O2S. The minimum absolute atomic E-state index is 0.0713. The fourth-order valence-corrected chi connectivity index (χ4v) is 2.82. The lowest BCUT2D eigenvalue weighted by atomic mass is 10.1. The number of fused-ring (bicyclic) bond motifs is 3. The second kappa shape index (κ2) is 4.71. The molecule has 0 saturated carbocycles. The highest BCUT2D eigenvalue weighted by molar-refractivity contribution is 7.13. The van der Waals surface area contributed by atoms with E-state index in [1.807, 2.05) is 6.92 Å². The molecular weight excluding hydrogens is 267 g/mol. The van der Waals surface area contributed by atoms with Crippen molar-refractivity contribution in [2.24, 2.45) is 0 Å². The number of rotatable bonds is 3. The quantitative estimate of drug-likeness (QED) is 0.690. The van der Waals surface area contributed by atoms with E-state index in [-0.39, 0.29) is 12.6 Å². The van der Waals surface area contributed by atoms with Gasteiger partial charge in [-0.1, -0.05) is 6.07 Å². The van der Waals surface area contributed by atoms with Gasteiger partial charge >= 0.3 is 0 Å². The Hall–Kier alpha value is -1.79. The second-order valence-electron chi connectivity index (χ2n) is 4.11. The highest BCUT2D eigenvalue weighted by Gasteiger charge is 2.14. The van der Waals surface area contributed by atoms with Crippen LogP contribution in [0.5, 0.6) is 5.88 Å². The van der Waals surface area contributed by atoms with Crippen LogP contribution in [0, 0.1) is 12.7 Å². The van der Waals surface area contributed by atoms with Crippen LogP contribution in [0.25, 0.3) is 21.0 Å². The van der Waals surface area contributed by atoms with Crippen LogP contribution < -0.4 is 4.74 Å². The largest absolute Gasteiger partial charge is 0.450 e. The summed E-state index contributed by atoms with van der Waals surface area (Å²) in [6.45, 7) is 1.99. The zero-order valence-electron chi connectivity index (χ0n) is 10.4. The van der Waals surface area contributed by atoms with Gasteiger partial charge in [0.2, 0.25) is 5.88 Å². The Morgan fingerprint density at radius 1 is 1.32 bits per heavy atom. The normalized spacial score (nSPS) is 11.3. The Kier molecular flexibility index (Phi) is 3.04. The molecule has 0 aliphatic carbocycles. The van der Waals surface area contributed by atoms with Crippen LogP contribution in [0.1, 0.15) is 5.69 Å². The van der Waals surface area contributed by atoms with Gasteiger partial charge in [0.05, 0.1) is 5.69 Å². The van der Waals surface area contributed by atoms with E-state index in [0.717, 1.165) is 21.3 Å². The van der Waals surface area contributed by atoms with Crippen LogP contribution in [-0.2, 0) is 4.74 Å². The van der Waals surface area contributed by atoms with E-state index in [2.05, 4.69) is 9.36 Å². The maximum absolute atomic E-state index is 13.4. The Morgan fingerprint density at radius 3 is 2.95 bits per heavy atom. The summed E-state index contributed by atoms with van der Waals surface area (Å²) in [5.74, 6) is 0.0456. The van der Waals surface area contributed by atoms with Crippen LogP contribution in [0.3, 0.4) is 0 Å². The van der Waals surface area contributed by atoms with Gasteiger partial charge in [0, 0.05) is 17.9 Å². The second-order valence-corrected chi connectivity index (χ2v) is 4.86. The van der Waals surface area contributed by atoms with Gasteiger partial charge in [-0.2, -0.15) is 4.37 Å². The first kappa shape index (κ1) is 12.3. The molecule has 4 nitrogen and oxygen atoms in total. The lowest BCUT2D eigenvalue weighted by Gasteiger charge is -2.08. The van der Waals surface area contributed by atoms with Gasteiger partial charge in [0.25, 0.3) is 0 Å². The van der Waals surface area contributed by atoms with Crippen LogP contribution in [0.15, 0.2) is 18.2 Å². The number of aromatic nitrogens is 2. The van der Waals surface area contributed by atoms with E-state index in [9.17, 15) is 4.39 Å². The maximum atomic E-state index is 13.4. The molecule has 0 fully saturated rings. The molecule has 3 aromatic rings. The van der Waals surface area contributed by atoms with E-state index < -0.39 is 0 Å². The van der Waals surface area contributed by atoms with Crippen LogP contribution >= 0.6 is 11.5 Å². The van der Waals surface area contributed by atoms with Crippen LogP contribution in [0.4, 0.5) is 4.39 Å². The minimum Gasteiger partial charge on any atom is -0.450 e. The van der Waals surface area contributed by atoms with E-state index >= 15 is 0 Å². The van der Waals surface area contributed by atoms with Crippen molar-refractivity contribution in [1.29, 1.82) is 0 Å². The van der Waals surface area contributed by atoms with Gasteiger partial charge < -0.3 is 9.47 Å². The first-order valence-electron chi connectivity index (χ1n) is 5.67. The lowest BCUT2D eigenvalue weighted by molar-refractivity contribution is 0.0493. The smallest absolute Gasteiger partial charge is 0.225 e. The molecule has 19 heavy (non-hydrogen) atoms. The molecule has 6 heteroatoms. The Balaban J connectivity index is 2.35. The maximum Gasteiger partial charge on any atom is 0.225 e. The topological polar surface area (TPSA) is 44.2 Å². The number of methoxy groups -OCH3 is 1. The zero-order chi connectivity index (χ0) is 13.4. The number of benzene rings is 1. The van der Waals surface area contributed by atoms with Crippen molar-refractivity contribution in [3.63, 3.8) is 0 Å². The summed E-state index contributed by atoms with van der Waals surface area (Å²) in [6.07, 6.45) is 0. The highest BCUT2D eigenvalue weighted by atomic mass is 32.1. The monoisotopic (exact) mass is 278 g/mol. The third-order valence-electron chi connectivity index (χ3n) is 2.84. The number of pyridine rings is 1. The van der Waals surface area contributed by atoms with E-state index in [0.29, 0.717) is 11.3 Å². The summed E-state index contributed by atoms with van der Waals surface area (Å²) in [7, 11) is 1.53. The summed E-state index contributed by atoms with van der Waals surface area (Å²) in [4.78, 5) is 5.17. The summed E-state index contributed by atoms with van der Waals surface area (Å²) < 4.78 is 28.0. The SMILES string of the molecule is COCOc1nc2snc(C)c2c2ccc(F)cc12. The Bertz CT molecular complexity index is 757. The predicted octanol–water partition coefficient (Wildman–Crippen LogP) is 3.27. The molecule has 0 bridgehead atoms. The van der Waals surface area contributed by atoms with Gasteiger partial charge in [0.1, 0.15) is 10.6 Å². The first-order valence-corrected chi connectivity index (χ1v) is 6.45. The fraction of sp³-hybridized carbons (Fsp3) is 0.231. The van der Waals surface area contributed by atoms with Crippen molar-refractivity contribution in [3.05, 3.63) is 29.7 Å². The van der Waals surface area contributed by atoms with Crippen molar-refractivity contribution in [1.82, 2.24) is 9.36 Å². The van der Waals surface area contributed by atoms with Crippen molar-refractivity contribution in [2.45, 2.75) is 6.92 Å². The van der Waals surface area contributed by atoms with Crippen LogP contribution in [-0.4, -0.2) is 23.3 Å². The van der Waals surface area contributed by atoms with E-state index in [1.54, 1.807) is 6.07 Å². The molecule has 2 heterocycles.